The Kier molecular flexibility index (Phi) is 3.59. The molecular weight excluding hydrogens is 288 g/mol. The fraction of sp³-hybridized carbons (Fsp3) is 0.357. The van der Waals surface area contributed by atoms with Gasteiger partial charge in [-0.3, -0.25) is 5.73 Å². The largest absolute Gasteiger partial charge is 0.384 e. The Hall–Kier alpha value is -1.86. The average molecular weight is 308 g/mol. The van der Waals surface area contributed by atoms with E-state index in [1.54, 1.807) is 50.4 Å². The molecule has 1 atom stereocenters. The van der Waals surface area contributed by atoms with Gasteiger partial charge in [-0.25, -0.2) is 13.4 Å². The highest BCUT2D eigenvalue weighted by Crippen LogP contribution is 2.30. The Labute approximate surface area is 124 Å². The molecular formula is C14H20N4O2S. The van der Waals surface area contributed by atoms with Crippen molar-refractivity contribution in [3.05, 3.63) is 47.7 Å². The van der Waals surface area contributed by atoms with Crippen LogP contribution in [0.4, 0.5) is 0 Å². The van der Waals surface area contributed by atoms with Crippen LogP contribution in [0.15, 0.2) is 41.5 Å². The first-order valence-corrected chi connectivity index (χ1v) is 8.34. The van der Waals surface area contributed by atoms with Crippen molar-refractivity contribution >= 4 is 15.7 Å². The Morgan fingerprint density at radius 2 is 1.81 bits per heavy atom. The van der Waals surface area contributed by atoms with Gasteiger partial charge in [0.05, 0.1) is 4.75 Å². The van der Waals surface area contributed by atoms with Gasteiger partial charge in [0.15, 0.2) is 9.84 Å². The third-order valence-corrected chi connectivity index (χ3v) is 5.90. The molecule has 6 nitrogen and oxygen atoms in total. The summed E-state index contributed by atoms with van der Waals surface area (Å²) in [4.78, 5) is 4.18. The smallest absolute Gasteiger partial charge is 0.211 e. The summed E-state index contributed by atoms with van der Waals surface area (Å²) in [5.74, 6) is -0.802. The summed E-state index contributed by atoms with van der Waals surface area (Å²) in [6.45, 7) is 3.35. The molecule has 0 radical (unpaired) electrons. The van der Waals surface area contributed by atoms with Crippen LogP contribution in [-0.4, -0.2) is 20.5 Å². The maximum absolute atomic E-state index is 11.9. The van der Waals surface area contributed by atoms with Crippen LogP contribution in [0.2, 0.25) is 0 Å². The highest BCUT2D eigenvalue weighted by Gasteiger charge is 2.33. The zero-order valence-electron chi connectivity index (χ0n) is 12.3. The summed E-state index contributed by atoms with van der Waals surface area (Å²) in [6.07, 6.45) is 4.48. The van der Waals surface area contributed by atoms with Gasteiger partial charge >= 0.3 is 0 Å². The van der Waals surface area contributed by atoms with E-state index in [0.29, 0.717) is 17.0 Å². The number of hydrogen-bond acceptors (Lipinski definition) is 6. The lowest BCUT2D eigenvalue weighted by Gasteiger charge is -2.30. The van der Waals surface area contributed by atoms with Gasteiger partial charge in [0, 0.05) is 18.0 Å². The van der Waals surface area contributed by atoms with Gasteiger partial charge < -0.3 is 11.1 Å². The van der Waals surface area contributed by atoms with Gasteiger partial charge in [-0.15, -0.1) is 0 Å². The molecule has 0 aliphatic carbocycles. The molecule has 21 heavy (non-hydrogen) atoms. The summed E-state index contributed by atoms with van der Waals surface area (Å²) < 4.78 is 22.8. The Morgan fingerprint density at radius 3 is 2.29 bits per heavy atom. The van der Waals surface area contributed by atoms with Gasteiger partial charge in [-0.05, 0) is 25.5 Å². The van der Waals surface area contributed by atoms with E-state index < -0.39 is 20.4 Å². The molecule has 0 saturated heterocycles. The molecule has 1 aliphatic heterocycles. The number of hydrogen-bond donors (Lipinski definition) is 3. The summed E-state index contributed by atoms with van der Waals surface area (Å²) in [6, 6.07) is 7.00. The fourth-order valence-corrected chi connectivity index (χ4v) is 2.58. The molecule has 0 spiro atoms. The van der Waals surface area contributed by atoms with Crippen LogP contribution in [0.25, 0.3) is 0 Å². The van der Waals surface area contributed by atoms with E-state index >= 15 is 0 Å². The highest BCUT2D eigenvalue weighted by atomic mass is 32.2. The Morgan fingerprint density at radius 1 is 1.24 bits per heavy atom. The predicted molar refractivity (Wildman–Crippen MR) is 84.1 cm³/mol. The normalized spacial score (nSPS) is 22.6. The van der Waals surface area contributed by atoms with Crippen LogP contribution in [0, 0.1) is 0 Å². The predicted octanol–water partition coefficient (Wildman–Crippen LogP) is 0.509. The zero-order valence-corrected chi connectivity index (χ0v) is 13.1. The number of rotatable bonds is 3. The van der Waals surface area contributed by atoms with Gasteiger partial charge in [0.1, 0.15) is 5.84 Å². The van der Waals surface area contributed by atoms with Gasteiger partial charge in [0.2, 0.25) is 5.79 Å². The molecule has 0 amide bonds. The number of amidine groups is 1. The number of aliphatic imine (C=N–C) groups is 1. The van der Waals surface area contributed by atoms with Crippen molar-refractivity contribution in [2.75, 3.05) is 6.26 Å². The van der Waals surface area contributed by atoms with Crippen LogP contribution in [0.3, 0.4) is 0 Å². The minimum Gasteiger partial charge on any atom is -0.384 e. The standard InChI is InChI=1S/C14H20N4O2S/c1-13(2,21(3,19)20)10-4-6-11(7-5-10)14(16)17-9-8-12(15)18-14/h4-9,17H,16H2,1-3H3,(H2,15,18). The van der Waals surface area contributed by atoms with Gasteiger partial charge in [-0.1, -0.05) is 24.3 Å². The minimum absolute atomic E-state index is 0.330. The number of nitrogens with two attached hydrogens (primary N) is 2. The van der Waals surface area contributed by atoms with Gasteiger partial charge in [-0.2, -0.15) is 0 Å². The Bertz CT molecular complexity index is 705. The fourth-order valence-electron chi connectivity index (χ4n) is 2.01. The molecule has 0 aromatic heterocycles. The first kappa shape index (κ1) is 15.5. The molecule has 5 N–H and O–H groups in total. The van der Waals surface area contributed by atoms with E-state index in [9.17, 15) is 8.42 Å². The van der Waals surface area contributed by atoms with Crippen LogP contribution in [0.1, 0.15) is 25.0 Å². The first-order chi connectivity index (χ1) is 9.56. The summed E-state index contributed by atoms with van der Waals surface area (Å²) in [7, 11) is -3.22. The molecule has 1 aromatic rings. The van der Waals surface area contributed by atoms with Crippen molar-refractivity contribution in [2.45, 2.75) is 24.4 Å². The minimum atomic E-state index is -3.22. The number of sulfone groups is 1. The van der Waals surface area contributed by atoms with Gasteiger partial charge in [0.25, 0.3) is 0 Å². The summed E-state index contributed by atoms with van der Waals surface area (Å²) >= 11 is 0. The number of benzene rings is 1. The molecule has 0 fully saturated rings. The van der Waals surface area contributed by atoms with E-state index in [1.807, 2.05) is 0 Å². The van der Waals surface area contributed by atoms with E-state index in [2.05, 4.69) is 10.3 Å². The molecule has 1 unspecified atom stereocenters. The van der Waals surface area contributed by atoms with Crippen LogP contribution in [0.5, 0.6) is 0 Å². The summed E-state index contributed by atoms with van der Waals surface area (Å²) in [5, 5.41) is 2.94. The second kappa shape index (κ2) is 4.85. The number of nitrogens with one attached hydrogen (secondary N) is 1. The highest BCUT2D eigenvalue weighted by molar-refractivity contribution is 7.91. The monoisotopic (exact) mass is 308 g/mol. The summed E-state index contributed by atoms with van der Waals surface area (Å²) in [5.41, 5.74) is 13.2. The number of nitrogens with zero attached hydrogens (tertiary/aromatic N) is 1. The lowest BCUT2D eigenvalue weighted by molar-refractivity contribution is 0.409. The SMILES string of the molecule is CC(C)(c1ccc(C2(N)N=C(N)C=CN2)cc1)S(C)(=O)=O. The van der Waals surface area contributed by atoms with Crippen molar-refractivity contribution < 1.29 is 8.42 Å². The Balaban J connectivity index is 2.39. The molecule has 1 aliphatic rings. The van der Waals surface area contributed by atoms with Crippen molar-refractivity contribution in [1.82, 2.24) is 5.32 Å². The van der Waals surface area contributed by atoms with Crippen LogP contribution in [-0.2, 0) is 20.4 Å². The molecule has 0 saturated carbocycles. The quantitative estimate of drug-likeness (QED) is 0.753. The van der Waals surface area contributed by atoms with Crippen molar-refractivity contribution in [1.29, 1.82) is 0 Å². The topological polar surface area (TPSA) is 111 Å². The van der Waals surface area contributed by atoms with E-state index in [-0.39, 0.29) is 0 Å². The first-order valence-electron chi connectivity index (χ1n) is 6.45. The third-order valence-electron chi connectivity index (χ3n) is 3.81. The van der Waals surface area contributed by atoms with Crippen molar-refractivity contribution in [3.63, 3.8) is 0 Å². The second-order valence-corrected chi connectivity index (χ2v) is 8.21. The maximum Gasteiger partial charge on any atom is 0.211 e. The van der Waals surface area contributed by atoms with Crippen molar-refractivity contribution in [3.8, 4) is 0 Å². The van der Waals surface area contributed by atoms with Crippen LogP contribution >= 0.6 is 0 Å². The van der Waals surface area contributed by atoms with E-state index in [4.69, 9.17) is 11.5 Å². The average Bonchev–Trinajstić information content (AvgIpc) is 2.37. The van der Waals surface area contributed by atoms with Crippen molar-refractivity contribution in [2.24, 2.45) is 16.5 Å². The molecule has 1 aromatic carbocycles. The third kappa shape index (κ3) is 2.79. The molecule has 0 bridgehead atoms. The second-order valence-electron chi connectivity index (χ2n) is 5.64. The lowest BCUT2D eigenvalue weighted by Crippen LogP contribution is -2.49. The zero-order chi connectivity index (χ0) is 15.9. The van der Waals surface area contributed by atoms with E-state index in [1.165, 1.54) is 6.26 Å². The molecule has 2 rings (SSSR count). The lowest BCUT2D eigenvalue weighted by atomic mass is 9.98. The maximum atomic E-state index is 11.9. The molecule has 114 valence electrons. The molecule has 1 heterocycles. The molecule has 7 heteroatoms. The van der Waals surface area contributed by atoms with E-state index in [0.717, 1.165) is 0 Å². The van der Waals surface area contributed by atoms with Crippen LogP contribution < -0.4 is 16.8 Å².